The fourth-order valence-corrected chi connectivity index (χ4v) is 3.85. The average Bonchev–Trinajstić information content (AvgIpc) is 3.22. The number of allylic oxidation sites excluding steroid dienone is 1. The molecule has 0 saturated carbocycles. The fraction of sp³-hybridized carbons (Fsp3) is 0.250. The molecule has 0 aliphatic carbocycles. The first-order valence-electron chi connectivity index (χ1n) is 10.6. The zero-order valence-electron chi connectivity index (χ0n) is 18.7. The molecule has 0 aliphatic heterocycles. The van der Waals surface area contributed by atoms with Crippen LogP contribution >= 0.6 is 11.8 Å². The van der Waals surface area contributed by atoms with Crippen LogP contribution < -0.4 is 15.4 Å². The number of ether oxygens (including phenoxy) is 1. The van der Waals surface area contributed by atoms with Gasteiger partial charge >= 0.3 is 0 Å². The summed E-state index contributed by atoms with van der Waals surface area (Å²) in [6.45, 7) is 8.60. The Morgan fingerprint density at radius 2 is 1.88 bits per heavy atom. The molecule has 9 heteroatoms. The Labute approximate surface area is 197 Å². The molecular formula is C24H27N5O3S. The quantitative estimate of drug-likeness (QED) is 0.327. The molecule has 0 fully saturated rings. The Bertz CT molecular complexity index is 1080. The number of hydrogen-bond acceptors (Lipinski definition) is 6. The molecule has 0 radical (unpaired) electrons. The van der Waals surface area contributed by atoms with Gasteiger partial charge in [-0.05, 0) is 50.2 Å². The lowest BCUT2D eigenvalue weighted by molar-refractivity contribution is -0.113. The van der Waals surface area contributed by atoms with E-state index >= 15 is 0 Å². The minimum atomic E-state index is -0.378. The number of benzene rings is 2. The van der Waals surface area contributed by atoms with Crippen molar-refractivity contribution in [2.24, 2.45) is 0 Å². The van der Waals surface area contributed by atoms with Crippen LogP contribution in [0.5, 0.6) is 5.75 Å². The highest BCUT2D eigenvalue weighted by atomic mass is 32.2. The normalized spacial score (nSPS) is 11.5. The summed E-state index contributed by atoms with van der Waals surface area (Å²) in [5.74, 6) is 1.15. The van der Waals surface area contributed by atoms with Crippen LogP contribution in [0.4, 0.5) is 5.69 Å². The van der Waals surface area contributed by atoms with E-state index in [9.17, 15) is 9.59 Å². The maximum absolute atomic E-state index is 12.5. The standard InChI is InChI=1S/C24H27N5O3S/c1-4-15-29-22(17(3)25-23(31)18-9-7-6-8-10-18)27-28-24(29)33-16-21(30)26-19-11-13-20(14-12-19)32-5-2/h4,6-14,17H,1,5,15-16H2,2-3H3,(H,25,31)(H,26,30)/t17-/m0/s1. The smallest absolute Gasteiger partial charge is 0.251 e. The molecular weight excluding hydrogens is 438 g/mol. The fourth-order valence-electron chi connectivity index (χ4n) is 3.09. The second-order valence-corrected chi connectivity index (χ2v) is 8.04. The molecule has 0 bridgehead atoms. The van der Waals surface area contributed by atoms with E-state index in [-0.39, 0.29) is 23.6 Å². The van der Waals surface area contributed by atoms with Gasteiger partial charge in [-0.2, -0.15) is 0 Å². The minimum absolute atomic E-state index is 0.160. The summed E-state index contributed by atoms with van der Waals surface area (Å²) >= 11 is 1.27. The number of nitrogens with one attached hydrogen (secondary N) is 2. The second-order valence-electron chi connectivity index (χ2n) is 7.10. The van der Waals surface area contributed by atoms with Crippen LogP contribution in [0.2, 0.25) is 0 Å². The minimum Gasteiger partial charge on any atom is -0.494 e. The number of carbonyl (C=O) groups is 2. The molecule has 2 aromatic carbocycles. The zero-order chi connectivity index (χ0) is 23.6. The van der Waals surface area contributed by atoms with Gasteiger partial charge in [0.1, 0.15) is 5.75 Å². The highest BCUT2D eigenvalue weighted by Crippen LogP contribution is 2.22. The Hall–Kier alpha value is -3.59. The third kappa shape index (κ3) is 6.69. The first-order valence-corrected chi connectivity index (χ1v) is 11.6. The lowest BCUT2D eigenvalue weighted by Crippen LogP contribution is -2.28. The number of aromatic nitrogens is 3. The monoisotopic (exact) mass is 465 g/mol. The van der Waals surface area contributed by atoms with Gasteiger partial charge in [0.05, 0.1) is 18.4 Å². The van der Waals surface area contributed by atoms with Gasteiger partial charge in [-0.3, -0.25) is 9.59 Å². The van der Waals surface area contributed by atoms with E-state index in [1.54, 1.807) is 30.3 Å². The summed E-state index contributed by atoms with van der Waals surface area (Å²) in [6.07, 6.45) is 1.72. The SMILES string of the molecule is C=CCn1c(SCC(=O)Nc2ccc(OCC)cc2)nnc1[C@H](C)NC(=O)c1ccccc1. The van der Waals surface area contributed by atoms with Crippen molar-refractivity contribution in [3.8, 4) is 5.75 Å². The van der Waals surface area contributed by atoms with Gasteiger partial charge in [0.15, 0.2) is 11.0 Å². The number of thioether (sulfide) groups is 1. The third-order valence-corrected chi connectivity index (χ3v) is 5.58. The number of nitrogens with zero attached hydrogens (tertiary/aromatic N) is 3. The highest BCUT2D eigenvalue weighted by molar-refractivity contribution is 7.99. The van der Waals surface area contributed by atoms with E-state index < -0.39 is 0 Å². The maximum Gasteiger partial charge on any atom is 0.251 e. The van der Waals surface area contributed by atoms with Crippen molar-refractivity contribution in [2.45, 2.75) is 31.6 Å². The van der Waals surface area contributed by atoms with Crippen molar-refractivity contribution in [3.63, 3.8) is 0 Å². The summed E-state index contributed by atoms with van der Waals surface area (Å²) in [5, 5.41) is 14.9. The molecule has 33 heavy (non-hydrogen) atoms. The van der Waals surface area contributed by atoms with E-state index in [0.717, 1.165) is 5.75 Å². The first-order chi connectivity index (χ1) is 16.0. The topological polar surface area (TPSA) is 98.1 Å². The van der Waals surface area contributed by atoms with Crippen molar-refractivity contribution in [1.82, 2.24) is 20.1 Å². The molecule has 2 amide bonds. The summed E-state index contributed by atoms with van der Waals surface area (Å²) in [5.41, 5.74) is 1.26. The van der Waals surface area contributed by atoms with Gasteiger partial charge in [0.25, 0.3) is 5.91 Å². The van der Waals surface area contributed by atoms with Crippen molar-refractivity contribution in [2.75, 3.05) is 17.7 Å². The molecule has 1 heterocycles. The molecule has 0 aliphatic rings. The van der Waals surface area contributed by atoms with Crippen LogP contribution in [0.25, 0.3) is 0 Å². The van der Waals surface area contributed by atoms with Crippen molar-refractivity contribution >= 4 is 29.3 Å². The number of anilines is 1. The predicted molar refractivity (Wildman–Crippen MR) is 130 cm³/mol. The van der Waals surface area contributed by atoms with Crippen LogP contribution in [0.3, 0.4) is 0 Å². The average molecular weight is 466 g/mol. The van der Waals surface area contributed by atoms with Gasteiger partial charge < -0.3 is 19.9 Å². The predicted octanol–water partition coefficient (Wildman–Crippen LogP) is 4.08. The summed E-state index contributed by atoms with van der Waals surface area (Å²) in [7, 11) is 0. The number of hydrogen-bond donors (Lipinski definition) is 2. The molecule has 1 aromatic heterocycles. The molecule has 1 atom stereocenters. The lowest BCUT2D eigenvalue weighted by Gasteiger charge is -2.15. The molecule has 2 N–H and O–H groups in total. The molecule has 3 rings (SSSR count). The summed E-state index contributed by atoms with van der Waals surface area (Å²) < 4.78 is 7.25. The molecule has 0 spiro atoms. The van der Waals surface area contributed by atoms with Gasteiger partial charge in [-0.1, -0.05) is 36.0 Å². The van der Waals surface area contributed by atoms with E-state index in [1.807, 2.05) is 48.7 Å². The Morgan fingerprint density at radius 1 is 1.15 bits per heavy atom. The van der Waals surface area contributed by atoms with Crippen molar-refractivity contribution in [1.29, 1.82) is 0 Å². The Morgan fingerprint density at radius 3 is 2.55 bits per heavy atom. The molecule has 0 unspecified atom stereocenters. The zero-order valence-corrected chi connectivity index (χ0v) is 19.5. The number of carbonyl (C=O) groups excluding carboxylic acids is 2. The maximum atomic E-state index is 12.5. The molecule has 8 nitrogen and oxygen atoms in total. The van der Waals surface area contributed by atoms with Crippen molar-refractivity contribution in [3.05, 3.63) is 78.6 Å². The van der Waals surface area contributed by atoms with Gasteiger partial charge in [-0.25, -0.2) is 0 Å². The molecule has 172 valence electrons. The van der Waals surface area contributed by atoms with Crippen LogP contribution in [-0.4, -0.2) is 38.9 Å². The second kappa shape index (κ2) is 11.9. The largest absolute Gasteiger partial charge is 0.494 e. The van der Waals surface area contributed by atoms with E-state index in [0.29, 0.717) is 35.4 Å². The Balaban J connectivity index is 1.61. The van der Waals surface area contributed by atoms with Crippen LogP contribution in [0.15, 0.2) is 72.4 Å². The summed E-state index contributed by atoms with van der Waals surface area (Å²) in [4.78, 5) is 24.9. The van der Waals surface area contributed by atoms with Crippen LogP contribution in [0.1, 0.15) is 36.1 Å². The van der Waals surface area contributed by atoms with Gasteiger partial charge in [-0.15, -0.1) is 16.8 Å². The van der Waals surface area contributed by atoms with Crippen molar-refractivity contribution < 1.29 is 14.3 Å². The van der Waals surface area contributed by atoms with E-state index in [4.69, 9.17) is 4.74 Å². The number of rotatable bonds is 11. The number of amides is 2. The summed E-state index contributed by atoms with van der Waals surface area (Å²) in [6, 6.07) is 15.8. The lowest BCUT2D eigenvalue weighted by atomic mass is 10.2. The van der Waals surface area contributed by atoms with Gasteiger partial charge in [0, 0.05) is 17.8 Å². The van der Waals surface area contributed by atoms with Crippen LogP contribution in [0, 0.1) is 0 Å². The van der Waals surface area contributed by atoms with Gasteiger partial charge in [0.2, 0.25) is 5.91 Å². The molecule has 3 aromatic rings. The van der Waals surface area contributed by atoms with E-state index in [1.165, 1.54) is 11.8 Å². The molecule has 0 saturated heterocycles. The van der Waals surface area contributed by atoms with E-state index in [2.05, 4.69) is 27.4 Å². The third-order valence-electron chi connectivity index (χ3n) is 4.61. The van der Waals surface area contributed by atoms with Crippen LogP contribution in [-0.2, 0) is 11.3 Å². The first kappa shape index (κ1) is 24.1. The Kier molecular flexibility index (Phi) is 8.65. The highest BCUT2D eigenvalue weighted by Gasteiger charge is 2.20.